The van der Waals surface area contributed by atoms with Gasteiger partial charge in [0, 0.05) is 43.4 Å². The molecular formula is C22H28N4O3. The third kappa shape index (κ3) is 4.91. The first-order valence-electron chi connectivity index (χ1n) is 10.1. The van der Waals surface area contributed by atoms with Gasteiger partial charge in [0.1, 0.15) is 5.82 Å². The van der Waals surface area contributed by atoms with Gasteiger partial charge in [0.2, 0.25) is 11.8 Å². The van der Waals surface area contributed by atoms with E-state index in [1.807, 2.05) is 42.2 Å². The molecule has 0 radical (unpaired) electrons. The topological polar surface area (TPSA) is 86.4 Å². The van der Waals surface area contributed by atoms with Crippen LogP contribution in [-0.4, -0.2) is 50.7 Å². The highest BCUT2D eigenvalue weighted by Gasteiger charge is 2.31. The fraction of sp³-hybridized carbons (Fsp3) is 0.455. The van der Waals surface area contributed by atoms with Gasteiger partial charge in [-0.3, -0.25) is 14.4 Å². The summed E-state index contributed by atoms with van der Waals surface area (Å²) in [6.07, 6.45) is 1.04. The molecule has 0 spiro atoms. The van der Waals surface area contributed by atoms with Crippen molar-refractivity contribution < 1.29 is 9.59 Å². The van der Waals surface area contributed by atoms with E-state index >= 15 is 0 Å². The second kappa shape index (κ2) is 9.03. The van der Waals surface area contributed by atoms with Gasteiger partial charge in [0.25, 0.3) is 5.56 Å². The normalized spacial score (nSPS) is 17.3. The van der Waals surface area contributed by atoms with Crippen molar-refractivity contribution in [3.05, 3.63) is 63.3 Å². The van der Waals surface area contributed by atoms with Gasteiger partial charge in [-0.1, -0.05) is 37.3 Å². The molecular weight excluding hydrogens is 368 g/mol. The van der Waals surface area contributed by atoms with Gasteiger partial charge in [-0.25, -0.2) is 4.98 Å². The molecule has 0 bridgehead atoms. The zero-order valence-corrected chi connectivity index (χ0v) is 17.3. The molecule has 1 aliphatic heterocycles. The van der Waals surface area contributed by atoms with E-state index in [2.05, 4.69) is 9.97 Å². The van der Waals surface area contributed by atoms with Gasteiger partial charge in [0.05, 0.1) is 6.42 Å². The standard InChI is InChI=1S/C22H28N4O3/c1-4-18-14-25(21(28)12-19-15(2)23-16(3)24-22(19)29)11-10-20(27)26(18)13-17-8-6-5-7-9-17/h5-9,18H,4,10-14H2,1-3H3,(H,23,24,29)/t18-/m0/s1. The van der Waals surface area contributed by atoms with Gasteiger partial charge in [-0.15, -0.1) is 0 Å². The Balaban J connectivity index is 1.76. The molecule has 7 heteroatoms. The lowest BCUT2D eigenvalue weighted by Crippen LogP contribution is -2.44. The Bertz CT molecular complexity index is 939. The van der Waals surface area contributed by atoms with E-state index in [0.29, 0.717) is 36.7 Å². The van der Waals surface area contributed by atoms with E-state index in [0.717, 1.165) is 12.0 Å². The van der Waals surface area contributed by atoms with Crippen molar-refractivity contribution >= 4 is 11.8 Å². The molecule has 1 aliphatic rings. The predicted octanol–water partition coefficient (Wildman–Crippen LogP) is 1.97. The number of rotatable bonds is 5. The number of aromatic nitrogens is 2. The minimum atomic E-state index is -0.271. The zero-order valence-electron chi connectivity index (χ0n) is 17.3. The van der Waals surface area contributed by atoms with Gasteiger partial charge in [-0.05, 0) is 25.8 Å². The van der Waals surface area contributed by atoms with Crippen molar-refractivity contribution in [3.8, 4) is 0 Å². The molecule has 154 valence electrons. The minimum absolute atomic E-state index is 0.00223. The molecule has 0 saturated carbocycles. The number of H-pyrrole nitrogens is 1. The summed E-state index contributed by atoms with van der Waals surface area (Å²) in [6.45, 7) is 6.88. The molecule has 1 N–H and O–H groups in total. The van der Waals surface area contributed by atoms with Crippen LogP contribution in [-0.2, 0) is 22.6 Å². The lowest BCUT2D eigenvalue weighted by atomic mass is 10.1. The molecule has 1 atom stereocenters. The van der Waals surface area contributed by atoms with E-state index < -0.39 is 0 Å². The van der Waals surface area contributed by atoms with Crippen LogP contribution in [0.2, 0.25) is 0 Å². The van der Waals surface area contributed by atoms with Crippen LogP contribution in [0.5, 0.6) is 0 Å². The van der Waals surface area contributed by atoms with Crippen LogP contribution < -0.4 is 5.56 Å². The smallest absolute Gasteiger partial charge is 0.254 e. The molecule has 2 heterocycles. The first-order chi connectivity index (χ1) is 13.9. The summed E-state index contributed by atoms with van der Waals surface area (Å²) in [4.78, 5) is 48.5. The number of aryl methyl sites for hydroxylation is 2. The highest BCUT2D eigenvalue weighted by Crippen LogP contribution is 2.18. The number of carbonyl (C=O) groups excluding carboxylic acids is 2. The highest BCUT2D eigenvalue weighted by molar-refractivity contribution is 5.82. The molecule has 1 saturated heterocycles. The minimum Gasteiger partial charge on any atom is -0.340 e. The van der Waals surface area contributed by atoms with Crippen LogP contribution >= 0.6 is 0 Å². The molecule has 7 nitrogen and oxygen atoms in total. The molecule has 0 aliphatic carbocycles. The number of carbonyl (C=O) groups is 2. The van der Waals surface area contributed by atoms with E-state index in [1.165, 1.54) is 0 Å². The average Bonchev–Trinajstić information content (AvgIpc) is 2.85. The first-order valence-corrected chi connectivity index (χ1v) is 10.1. The maximum absolute atomic E-state index is 13.0. The van der Waals surface area contributed by atoms with Crippen molar-refractivity contribution in [1.82, 2.24) is 19.8 Å². The summed E-state index contributed by atoms with van der Waals surface area (Å²) >= 11 is 0. The largest absolute Gasteiger partial charge is 0.340 e. The first kappa shape index (κ1) is 20.8. The number of nitrogens with one attached hydrogen (secondary N) is 1. The fourth-order valence-electron chi connectivity index (χ4n) is 3.82. The maximum Gasteiger partial charge on any atom is 0.254 e. The van der Waals surface area contributed by atoms with Crippen molar-refractivity contribution in [3.63, 3.8) is 0 Å². The molecule has 2 aromatic rings. The van der Waals surface area contributed by atoms with E-state index in [-0.39, 0.29) is 36.3 Å². The third-order valence-corrected chi connectivity index (χ3v) is 5.48. The van der Waals surface area contributed by atoms with Crippen LogP contribution in [0.3, 0.4) is 0 Å². The summed E-state index contributed by atoms with van der Waals surface area (Å²) in [5.74, 6) is 0.450. The van der Waals surface area contributed by atoms with Crippen molar-refractivity contribution in [2.24, 2.45) is 0 Å². The molecule has 29 heavy (non-hydrogen) atoms. The van der Waals surface area contributed by atoms with E-state index in [9.17, 15) is 14.4 Å². The summed E-state index contributed by atoms with van der Waals surface area (Å²) < 4.78 is 0. The molecule has 1 aromatic carbocycles. The molecule has 0 unspecified atom stereocenters. The fourth-order valence-corrected chi connectivity index (χ4v) is 3.82. The average molecular weight is 396 g/mol. The molecule has 1 fully saturated rings. The second-order valence-corrected chi connectivity index (χ2v) is 7.55. The van der Waals surface area contributed by atoms with Crippen LogP contribution in [0.1, 0.15) is 42.4 Å². The summed E-state index contributed by atoms with van der Waals surface area (Å²) in [7, 11) is 0. The Morgan fingerprint density at radius 2 is 1.93 bits per heavy atom. The van der Waals surface area contributed by atoms with Crippen molar-refractivity contribution in [1.29, 1.82) is 0 Å². The number of hydrogen-bond donors (Lipinski definition) is 1. The van der Waals surface area contributed by atoms with Crippen LogP contribution in [0.25, 0.3) is 0 Å². The van der Waals surface area contributed by atoms with Crippen molar-refractivity contribution in [2.75, 3.05) is 13.1 Å². The third-order valence-electron chi connectivity index (χ3n) is 5.48. The summed E-state index contributed by atoms with van der Waals surface area (Å²) in [6, 6.07) is 9.84. The SMILES string of the molecule is CC[C@H]1CN(C(=O)Cc2c(C)nc(C)[nH]c2=O)CCC(=O)N1Cc1ccccc1. The molecule has 2 amide bonds. The zero-order chi connectivity index (χ0) is 21.0. The lowest BCUT2D eigenvalue weighted by molar-refractivity contribution is -0.133. The van der Waals surface area contributed by atoms with E-state index in [4.69, 9.17) is 0 Å². The number of benzene rings is 1. The predicted molar refractivity (Wildman–Crippen MR) is 110 cm³/mol. The number of hydrogen-bond acceptors (Lipinski definition) is 4. The monoisotopic (exact) mass is 396 g/mol. The Morgan fingerprint density at radius 1 is 1.21 bits per heavy atom. The van der Waals surface area contributed by atoms with Gasteiger partial charge in [0.15, 0.2) is 0 Å². The highest BCUT2D eigenvalue weighted by atomic mass is 16.2. The quantitative estimate of drug-likeness (QED) is 0.837. The van der Waals surface area contributed by atoms with Gasteiger partial charge >= 0.3 is 0 Å². The Morgan fingerprint density at radius 3 is 2.59 bits per heavy atom. The molecule has 3 rings (SSSR count). The van der Waals surface area contributed by atoms with Crippen LogP contribution in [0.4, 0.5) is 0 Å². The van der Waals surface area contributed by atoms with E-state index in [1.54, 1.807) is 18.7 Å². The lowest BCUT2D eigenvalue weighted by Gasteiger charge is -2.31. The summed E-state index contributed by atoms with van der Waals surface area (Å²) in [5, 5.41) is 0. The Hall–Kier alpha value is -2.96. The number of nitrogens with zero attached hydrogens (tertiary/aromatic N) is 3. The summed E-state index contributed by atoms with van der Waals surface area (Å²) in [5.41, 5.74) is 1.77. The Kier molecular flexibility index (Phi) is 6.46. The maximum atomic E-state index is 13.0. The van der Waals surface area contributed by atoms with Crippen LogP contribution in [0, 0.1) is 13.8 Å². The molecule has 1 aromatic heterocycles. The number of amides is 2. The van der Waals surface area contributed by atoms with Crippen LogP contribution in [0.15, 0.2) is 35.1 Å². The second-order valence-electron chi connectivity index (χ2n) is 7.55. The van der Waals surface area contributed by atoms with Gasteiger partial charge < -0.3 is 14.8 Å². The van der Waals surface area contributed by atoms with Gasteiger partial charge in [-0.2, -0.15) is 0 Å². The number of aromatic amines is 1. The Labute approximate surface area is 170 Å². The van der Waals surface area contributed by atoms with Crippen molar-refractivity contribution in [2.45, 2.75) is 52.6 Å².